The van der Waals surface area contributed by atoms with E-state index in [1.165, 1.54) is 12.1 Å². The van der Waals surface area contributed by atoms with Crippen molar-refractivity contribution >= 4 is 11.9 Å². The standard InChI is InChI=1S/C21H32F3N5O2/c1-20(2,3)28-18(30)14-27-19(25-4)26-13-17(29-9-11-31-12-10-29)15-5-7-16(8-6-15)21(22,23)24/h5-8,17H,9-14H2,1-4H3,(H,28,30)(H2,25,26,27). The number of carbonyl (C=O) groups is 1. The van der Waals surface area contributed by atoms with Crippen molar-refractivity contribution in [2.24, 2.45) is 4.99 Å². The molecule has 1 heterocycles. The highest BCUT2D eigenvalue weighted by atomic mass is 19.4. The van der Waals surface area contributed by atoms with Gasteiger partial charge in [-0.2, -0.15) is 13.2 Å². The van der Waals surface area contributed by atoms with Crippen LogP contribution in [0.4, 0.5) is 13.2 Å². The van der Waals surface area contributed by atoms with Gasteiger partial charge in [0.2, 0.25) is 5.91 Å². The molecule has 1 aliphatic rings. The summed E-state index contributed by atoms with van der Waals surface area (Å²) in [5, 5.41) is 9.01. The van der Waals surface area contributed by atoms with Crippen LogP contribution in [0.25, 0.3) is 0 Å². The van der Waals surface area contributed by atoms with Gasteiger partial charge in [0.25, 0.3) is 0 Å². The predicted molar refractivity (Wildman–Crippen MR) is 114 cm³/mol. The number of amides is 1. The van der Waals surface area contributed by atoms with Crippen molar-refractivity contribution in [3.63, 3.8) is 0 Å². The smallest absolute Gasteiger partial charge is 0.379 e. The molecule has 1 fully saturated rings. The van der Waals surface area contributed by atoms with Crippen molar-refractivity contribution < 1.29 is 22.7 Å². The van der Waals surface area contributed by atoms with Gasteiger partial charge in [-0.25, -0.2) is 0 Å². The number of carbonyl (C=O) groups excluding carboxylic acids is 1. The molecule has 174 valence electrons. The average molecular weight is 444 g/mol. The van der Waals surface area contributed by atoms with E-state index in [0.717, 1.165) is 17.7 Å². The number of hydrogen-bond donors (Lipinski definition) is 3. The van der Waals surface area contributed by atoms with Crippen molar-refractivity contribution in [3.05, 3.63) is 35.4 Å². The Morgan fingerprint density at radius 3 is 2.26 bits per heavy atom. The maximum absolute atomic E-state index is 12.9. The number of alkyl halides is 3. The first-order valence-corrected chi connectivity index (χ1v) is 10.2. The topological polar surface area (TPSA) is 78.0 Å². The van der Waals surface area contributed by atoms with Crippen LogP contribution in [0, 0.1) is 0 Å². The van der Waals surface area contributed by atoms with Crippen LogP contribution in [0.2, 0.25) is 0 Å². The van der Waals surface area contributed by atoms with Crippen molar-refractivity contribution in [2.45, 2.75) is 38.5 Å². The second-order valence-corrected chi connectivity index (χ2v) is 8.39. The average Bonchev–Trinajstić information content (AvgIpc) is 2.69. The van der Waals surface area contributed by atoms with Gasteiger partial charge >= 0.3 is 6.18 Å². The van der Waals surface area contributed by atoms with Crippen LogP contribution in [0.3, 0.4) is 0 Å². The first-order chi connectivity index (χ1) is 14.5. The molecule has 0 saturated carbocycles. The molecule has 7 nitrogen and oxygen atoms in total. The molecule has 1 aromatic carbocycles. The lowest BCUT2D eigenvalue weighted by atomic mass is 10.0. The lowest BCUT2D eigenvalue weighted by Crippen LogP contribution is -2.50. The minimum atomic E-state index is -4.37. The number of hydrogen-bond acceptors (Lipinski definition) is 4. The third kappa shape index (κ3) is 8.37. The third-order valence-corrected chi connectivity index (χ3v) is 4.73. The quantitative estimate of drug-likeness (QED) is 0.464. The van der Waals surface area contributed by atoms with E-state index < -0.39 is 11.7 Å². The fourth-order valence-electron chi connectivity index (χ4n) is 3.28. The van der Waals surface area contributed by atoms with E-state index in [-0.39, 0.29) is 24.0 Å². The van der Waals surface area contributed by atoms with E-state index in [1.54, 1.807) is 7.05 Å². The summed E-state index contributed by atoms with van der Waals surface area (Å²) in [6.07, 6.45) is -4.37. The number of benzene rings is 1. The number of halogens is 3. The maximum Gasteiger partial charge on any atom is 0.416 e. The van der Waals surface area contributed by atoms with Gasteiger partial charge in [-0.05, 0) is 38.5 Å². The van der Waals surface area contributed by atoms with Gasteiger partial charge in [-0.15, -0.1) is 0 Å². The van der Waals surface area contributed by atoms with Gasteiger partial charge in [0.1, 0.15) is 0 Å². The summed E-state index contributed by atoms with van der Waals surface area (Å²) in [5.74, 6) is 0.275. The number of nitrogens with one attached hydrogen (secondary N) is 3. The fourth-order valence-corrected chi connectivity index (χ4v) is 3.28. The van der Waals surface area contributed by atoms with Gasteiger partial charge in [-0.3, -0.25) is 14.7 Å². The van der Waals surface area contributed by atoms with Crippen LogP contribution < -0.4 is 16.0 Å². The van der Waals surface area contributed by atoms with Crippen LogP contribution in [-0.2, 0) is 15.7 Å². The number of aliphatic imine (C=N–C) groups is 1. The Hall–Kier alpha value is -2.33. The van der Waals surface area contributed by atoms with E-state index in [4.69, 9.17) is 4.74 Å². The van der Waals surface area contributed by atoms with E-state index in [1.807, 2.05) is 20.8 Å². The van der Waals surface area contributed by atoms with E-state index in [9.17, 15) is 18.0 Å². The Bertz CT molecular complexity index is 739. The molecule has 3 N–H and O–H groups in total. The number of nitrogens with zero attached hydrogens (tertiary/aromatic N) is 2. The first kappa shape index (κ1) is 24.9. The van der Waals surface area contributed by atoms with Crippen molar-refractivity contribution in [1.82, 2.24) is 20.9 Å². The molecule has 1 unspecified atom stereocenters. The van der Waals surface area contributed by atoms with E-state index in [2.05, 4.69) is 25.8 Å². The van der Waals surface area contributed by atoms with Gasteiger partial charge in [-0.1, -0.05) is 12.1 Å². The van der Waals surface area contributed by atoms with Crippen LogP contribution in [0.15, 0.2) is 29.3 Å². The Morgan fingerprint density at radius 1 is 1.13 bits per heavy atom. The zero-order valence-electron chi connectivity index (χ0n) is 18.5. The molecule has 1 saturated heterocycles. The molecular formula is C21H32F3N5O2. The largest absolute Gasteiger partial charge is 0.416 e. The Morgan fingerprint density at radius 2 is 1.74 bits per heavy atom. The minimum Gasteiger partial charge on any atom is -0.379 e. The van der Waals surface area contributed by atoms with Crippen LogP contribution in [-0.4, -0.2) is 68.7 Å². The lowest BCUT2D eigenvalue weighted by Gasteiger charge is -2.35. The van der Waals surface area contributed by atoms with Gasteiger partial charge in [0.15, 0.2) is 5.96 Å². The highest BCUT2D eigenvalue weighted by Gasteiger charge is 2.31. The van der Waals surface area contributed by atoms with Crippen molar-refractivity contribution in [3.8, 4) is 0 Å². The van der Waals surface area contributed by atoms with Gasteiger partial charge < -0.3 is 20.7 Å². The van der Waals surface area contributed by atoms with Crippen LogP contribution in [0.1, 0.15) is 37.9 Å². The second-order valence-electron chi connectivity index (χ2n) is 8.39. The summed E-state index contributed by atoms with van der Waals surface area (Å²) in [4.78, 5) is 18.3. The summed E-state index contributed by atoms with van der Waals surface area (Å²) in [7, 11) is 1.60. The summed E-state index contributed by atoms with van der Waals surface area (Å²) in [5.41, 5.74) is -0.240. The summed E-state index contributed by atoms with van der Waals surface area (Å²) < 4.78 is 44.2. The SMILES string of the molecule is CN=C(NCC(=O)NC(C)(C)C)NCC(c1ccc(C(F)(F)F)cc1)N1CCOCC1. The maximum atomic E-state index is 12.9. The Balaban J connectivity index is 2.04. The molecule has 1 aliphatic heterocycles. The van der Waals surface area contributed by atoms with Gasteiger partial charge in [0.05, 0.1) is 31.4 Å². The molecule has 10 heteroatoms. The minimum absolute atomic E-state index is 0.0550. The Labute approximate surface area is 181 Å². The molecule has 31 heavy (non-hydrogen) atoms. The molecule has 0 radical (unpaired) electrons. The summed E-state index contributed by atoms with van der Waals surface area (Å²) in [6, 6.07) is 5.06. The van der Waals surface area contributed by atoms with Crippen LogP contribution >= 0.6 is 0 Å². The molecule has 2 rings (SSSR count). The molecule has 0 spiro atoms. The van der Waals surface area contributed by atoms with E-state index in [0.29, 0.717) is 38.8 Å². The highest BCUT2D eigenvalue weighted by molar-refractivity contribution is 5.86. The molecule has 1 atom stereocenters. The van der Waals surface area contributed by atoms with Crippen LogP contribution in [0.5, 0.6) is 0 Å². The number of ether oxygens (including phenoxy) is 1. The van der Waals surface area contributed by atoms with Crippen molar-refractivity contribution in [2.75, 3.05) is 46.4 Å². The summed E-state index contributed by atoms with van der Waals surface area (Å²) in [6.45, 7) is 8.64. The zero-order valence-corrected chi connectivity index (χ0v) is 18.5. The Kier molecular flexibility index (Phi) is 8.69. The van der Waals surface area contributed by atoms with E-state index >= 15 is 0 Å². The number of rotatable bonds is 6. The molecular weight excluding hydrogens is 411 g/mol. The third-order valence-electron chi connectivity index (χ3n) is 4.73. The summed E-state index contributed by atoms with van der Waals surface area (Å²) >= 11 is 0. The monoisotopic (exact) mass is 443 g/mol. The molecule has 1 amide bonds. The second kappa shape index (κ2) is 10.8. The molecule has 1 aromatic rings. The lowest BCUT2D eigenvalue weighted by molar-refractivity contribution is -0.137. The number of guanidine groups is 1. The van der Waals surface area contributed by atoms with Gasteiger partial charge in [0, 0.05) is 32.2 Å². The highest BCUT2D eigenvalue weighted by Crippen LogP contribution is 2.31. The number of morpholine rings is 1. The predicted octanol–water partition coefficient (Wildman–Crippen LogP) is 2.16. The fraction of sp³-hybridized carbons (Fsp3) is 0.619. The molecule has 0 aromatic heterocycles. The molecule has 0 bridgehead atoms. The molecule has 0 aliphatic carbocycles. The normalized spacial score (nSPS) is 17.2. The zero-order chi connectivity index (χ0) is 23.1. The van der Waals surface area contributed by atoms with Crippen molar-refractivity contribution in [1.29, 1.82) is 0 Å². The first-order valence-electron chi connectivity index (χ1n) is 10.2.